The first-order valence-corrected chi connectivity index (χ1v) is 7.99. The molecule has 1 aromatic rings. The third-order valence-corrected chi connectivity index (χ3v) is 4.93. The van der Waals surface area contributed by atoms with Crippen molar-refractivity contribution in [3.63, 3.8) is 0 Å². The zero-order valence-corrected chi connectivity index (χ0v) is 15.2. The lowest BCUT2D eigenvalue weighted by Gasteiger charge is -2.09. The van der Waals surface area contributed by atoms with Gasteiger partial charge in [-0.1, -0.05) is 0 Å². The number of nitrogens with zero attached hydrogens (tertiary/aromatic N) is 2. The number of phenols is 1. The lowest BCUT2D eigenvalue weighted by molar-refractivity contribution is -0.344. The lowest BCUT2D eigenvalue weighted by atomic mass is 10.1. The number of carboxylic acid groups (broad SMARTS) is 1. The maximum absolute atomic E-state index is 10.5. The Morgan fingerprint density at radius 1 is 1.42 bits per heavy atom. The molecule has 2 aliphatic rings. The molecule has 0 aromatic heterocycles. The Morgan fingerprint density at radius 2 is 1.96 bits per heavy atom. The van der Waals surface area contributed by atoms with E-state index in [1.165, 1.54) is 0 Å². The van der Waals surface area contributed by atoms with Gasteiger partial charge in [0, 0.05) is 12.0 Å². The SMILES string of the molecule is C[N+]1=c2c(Br)c(N)c(O)c3c2=C(CC1)C(Br)=N3.O=C([O-])C(F)(F)F. The first-order valence-electron chi connectivity index (χ1n) is 6.40. The van der Waals surface area contributed by atoms with Gasteiger partial charge in [-0.15, -0.1) is 0 Å². The molecule has 0 atom stereocenters. The predicted molar refractivity (Wildman–Crippen MR) is 86.6 cm³/mol. The number of benzene rings is 1. The zero-order chi connectivity index (χ0) is 18.4. The van der Waals surface area contributed by atoms with Crippen LogP contribution in [0.5, 0.6) is 5.75 Å². The van der Waals surface area contributed by atoms with E-state index in [0.717, 1.165) is 38.2 Å². The molecule has 24 heavy (non-hydrogen) atoms. The average Bonchev–Trinajstić information content (AvgIpc) is 2.81. The van der Waals surface area contributed by atoms with E-state index < -0.39 is 12.1 Å². The van der Waals surface area contributed by atoms with Crippen LogP contribution in [0.25, 0.3) is 5.57 Å². The molecule has 0 aliphatic carbocycles. The molecular formula is C13H10Br2F3N3O3. The van der Waals surface area contributed by atoms with Crippen molar-refractivity contribution < 1.29 is 28.2 Å². The van der Waals surface area contributed by atoms with Gasteiger partial charge in [0.25, 0.3) is 0 Å². The number of rotatable bonds is 0. The fraction of sp³-hybridized carbons (Fsp3) is 0.308. The quantitative estimate of drug-likeness (QED) is 0.319. The van der Waals surface area contributed by atoms with E-state index in [-0.39, 0.29) is 5.75 Å². The van der Waals surface area contributed by atoms with Crippen molar-refractivity contribution in [3.05, 3.63) is 15.0 Å². The molecule has 0 radical (unpaired) electrons. The first-order chi connectivity index (χ1) is 11.0. The number of halogens is 5. The monoisotopic (exact) mass is 471 g/mol. The summed E-state index contributed by atoms with van der Waals surface area (Å²) in [6.07, 6.45) is -4.28. The van der Waals surface area contributed by atoms with Crippen molar-refractivity contribution in [2.24, 2.45) is 4.99 Å². The highest BCUT2D eigenvalue weighted by molar-refractivity contribution is 9.18. The minimum Gasteiger partial charge on any atom is -0.542 e. The minimum absolute atomic E-state index is 0.0536. The van der Waals surface area contributed by atoms with E-state index >= 15 is 0 Å². The molecule has 6 nitrogen and oxygen atoms in total. The third kappa shape index (κ3) is 3.14. The molecular weight excluding hydrogens is 463 g/mol. The van der Waals surface area contributed by atoms with Gasteiger partial charge in [0.2, 0.25) is 5.36 Å². The van der Waals surface area contributed by atoms with E-state index in [2.05, 4.69) is 41.4 Å². The molecule has 0 saturated heterocycles. The number of hydrogen-bond acceptors (Lipinski definition) is 5. The van der Waals surface area contributed by atoms with Crippen molar-refractivity contribution in [3.8, 4) is 5.75 Å². The van der Waals surface area contributed by atoms with Crippen LogP contribution in [0.4, 0.5) is 24.5 Å². The van der Waals surface area contributed by atoms with Gasteiger partial charge in [0.05, 0.1) is 10.9 Å². The van der Waals surface area contributed by atoms with Crippen LogP contribution in [-0.4, -0.2) is 35.5 Å². The van der Waals surface area contributed by atoms with Gasteiger partial charge in [-0.3, -0.25) is 0 Å². The molecule has 0 fully saturated rings. The fourth-order valence-electron chi connectivity index (χ4n) is 2.34. The summed E-state index contributed by atoms with van der Waals surface area (Å²) in [6, 6.07) is 0. The summed E-state index contributed by atoms with van der Waals surface area (Å²) in [4.78, 5) is 13.1. The molecule has 11 heteroatoms. The van der Waals surface area contributed by atoms with E-state index in [9.17, 15) is 18.3 Å². The summed E-state index contributed by atoms with van der Waals surface area (Å²) >= 11 is 6.90. The number of aromatic hydroxyl groups is 1. The zero-order valence-electron chi connectivity index (χ0n) is 12.0. The smallest absolute Gasteiger partial charge is 0.430 e. The predicted octanol–water partition coefficient (Wildman–Crippen LogP) is 0.149. The Kier molecular flexibility index (Phi) is 4.96. The molecule has 0 amide bonds. The topological polar surface area (TPSA) is 102 Å². The number of phenolic OH excluding ortho intramolecular Hbond substituents is 1. The van der Waals surface area contributed by atoms with E-state index in [1.54, 1.807) is 0 Å². The highest BCUT2D eigenvalue weighted by atomic mass is 79.9. The van der Waals surface area contributed by atoms with Crippen LogP contribution < -0.4 is 26.0 Å². The second-order valence-corrected chi connectivity index (χ2v) is 6.53. The Labute approximate surface area is 150 Å². The number of hydrogen-bond donors (Lipinski definition) is 2. The van der Waals surface area contributed by atoms with Crippen molar-refractivity contribution >= 4 is 59.4 Å². The highest BCUT2D eigenvalue weighted by Gasteiger charge is 2.30. The van der Waals surface area contributed by atoms with Gasteiger partial charge in [-0.25, -0.2) is 9.57 Å². The lowest BCUT2D eigenvalue weighted by Crippen LogP contribution is -2.44. The second kappa shape index (κ2) is 6.36. The number of nitrogen functional groups attached to an aromatic ring is 1. The van der Waals surface area contributed by atoms with Gasteiger partial charge in [0.15, 0.2) is 5.75 Å². The number of alkyl halides is 3. The number of carboxylic acids is 1. The Hall–Kier alpha value is -1.62. The van der Waals surface area contributed by atoms with Crippen molar-refractivity contribution in [1.82, 2.24) is 4.58 Å². The molecule has 0 unspecified atom stereocenters. The summed E-state index contributed by atoms with van der Waals surface area (Å²) < 4.78 is 35.2. The normalized spacial score (nSPS) is 15.5. The number of carbonyl (C=O) groups is 1. The summed E-state index contributed by atoms with van der Waals surface area (Å²) in [5, 5.41) is 20.8. The van der Waals surface area contributed by atoms with Crippen LogP contribution in [0.15, 0.2) is 9.47 Å². The van der Waals surface area contributed by atoms with Crippen molar-refractivity contribution in [1.29, 1.82) is 0 Å². The van der Waals surface area contributed by atoms with Crippen LogP contribution in [-0.2, 0) is 4.79 Å². The fourth-order valence-corrected chi connectivity index (χ4v) is 3.60. The molecule has 130 valence electrons. The van der Waals surface area contributed by atoms with Crippen LogP contribution in [0, 0.1) is 0 Å². The molecule has 0 saturated carbocycles. The van der Waals surface area contributed by atoms with Crippen molar-refractivity contribution in [2.75, 3.05) is 19.3 Å². The van der Waals surface area contributed by atoms with Gasteiger partial charge in [-0.05, 0) is 31.9 Å². The van der Waals surface area contributed by atoms with Gasteiger partial charge < -0.3 is 20.7 Å². The molecule has 2 heterocycles. The molecule has 3 N–H and O–H groups in total. The average molecular weight is 473 g/mol. The van der Waals surface area contributed by atoms with E-state index in [0.29, 0.717) is 11.4 Å². The van der Waals surface area contributed by atoms with Gasteiger partial charge in [-0.2, -0.15) is 13.2 Å². The Balaban J connectivity index is 0.000000256. The summed E-state index contributed by atoms with van der Waals surface area (Å²) in [7, 11) is 2.01. The summed E-state index contributed by atoms with van der Waals surface area (Å²) in [5.74, 6) is -2.95. The number of carbonyl (C=O) groups excluding carboxylic acids is 1. The van der Waals surface area contributed by atoms with Crippen LogP contribution in [0.2, 0.25) is 0 Å². The van der Waals surface area contributed by atoms with Crippen LogP contribution in [0.3, 0.4) is 0 Å². The second-order valence-electron chi connectivity index (χ2n) is 4.99. The number of anilines is 1. The van der Waals surface area contributed by atoms with Crippen LogP contribution >= 0.6 is 31.9 Å². The summed E-state index contributed by atoms with van der Waals surface area (Å²) in [6.45, 7) is 0.912. The van der Waals surface area contributed by atoms with Gasteiger partial charge >= 0.3 is 6.18 Å². The number of nitrogens with two attached hydrogens (primary N) is 1. The maximum atomic E-state index is 10.5. The molecule has 1 aromatic carbocycles. The highest BCUT2D eigenvalue weighted by Crippen LogP contribution is 2.37. The molecule has 3 rings (SSSR count). The largest absolute Gasteiger partial charge is 0.542 e. The minimum atomic E-state index is -5.19. The van der Waals surface area contributed by atoms with E-state index in [1.807, 2.05) is 7.05 Å². The molecule has 0 spiro atoms. The maximum Gasteiger partial charge on any atom is 0.430 e. The number of aliphatic imine (C=N–C) groups is 1. The van der Waals surface area contributed by atoms with Crippen LogP contribution in [0.1, 0.15) is 6.42 Å². The Morgan fingerprint density at radius 3 is 2.46 bits per heavy atom. The standard InChI is InChI=1S/C11H9Br2N3O.C2HF3O2/c1-16-3-2-4-5-8(15-11(4)13)10(17)7(14)6(12)9(5)16;3-2(4,5)1(6)7/h2-3H2,1H3,(H2,14,15,17);(H,6,7). The number of aliphatic carboxylic acids is 1. The van der Waals surface area contributed by atoms with E-state index in [4.69, 9.17) is 15.6 Å². The Bertz CT molecular complexity index is 895. The van der Waals surface area contributed by atoms with Crippen molar-refractivity contribution in [2.45, 2.75) is 12.6 Å². The third-order valence-electron chi connectivity index (χ3n) is 3.47. The first kappa shape index (κ1) is 18.7. The van der Waals surface area contributed by atoms with Gasteiger partial charge in [0.1, 0.15) is 34.3 Å². The molecule has 0 bridgehead atoms. The molecule has 2 aliphatic heterocycles. The summed E-state index contributed by atoms with van der Waals surface area (Å²) in [5.41, 5.74) is 7.96.